The lowest BCUT2D eigenvalue weighted by molar-refractivity contribution is -0.134. The summed E-state index contributed by atoms with van der Waals surface area (Å²) in [5, 5.41) is 5.92. The van der Waals surface area contributed by atoms with Gasteiger partial charge in [-0.15, -0.1) is 0 Å². The van der Waals surface area contributed by atoms with Crippen molar-refractivity contribution >= 4 is 29.5 Å². The molecule has 0 bridgehead atoms. The third kappa shape index (κ3) is 5.04. The van der Waals surface area contributed by atoms with Gasteiger partial charge in [0.1, 0.15) is 11.6 Å². The number of likely N-dealkylation sites (tertiary alicyclic amines) is 1. The molecule has 1 atom stereocenters. The minimum Gasteiger partial charge on any atom is -0.342 e. The van der Waals surface area contributed by atoms with Gasteiger partial charge in [-0.25, -0.2) is 14.8 Å². The number of hydrogen-bond donors (Lipinski definition) is 2. The average molecular weight is 437 g/mol. The van der Waals surface area contributed by atoms with E-state index in [1.807, 2.05) is 42.2 Å². The summed E-state index contributed by atoms with van der Waals surface area (Å²) in [4.78, 5) is 48.7. The second-order valence-electron chi connectivity index (χ2n) is 8.20. The Morgan fingerprint density at radius 2 is 2.12 bits per heavy atom. The Hall–Kier alpha value is -3.49. The van der Waals surface area contributed by atoms with Crippen LogP contribution >= 0.6 is 0 Å². The lowest BCUT2D eigenvalue weighted by atomic mass is 9.94. The zero-order valence-corrected chi connectivity index (χ0v) is 18.2. The Bertz CT molecular complexity index is 995. The van der Waals surface area contributed by atoms with Crippen molar-refractivity contribution in [2.24, 2.45) is 0 Å². The van der Waals surface area contributed by atoms with E-state index in [2.05, 4.69) is 15.6 Å². The van der Waals surface area contributed by atoms with E-state index in [4.69, 9.17) is 4.98 Å². The first kappa shape index (κ1) is 21.7. The average Bonchev–Trinajstić information content (AvgIpc) is 2.80. The first-order valence-corrected chi connectivity index (χ1v) is 11.0. The highest BCUT2D eigenvalue weighted by Gasteiger charge is 2.29. The topological polar surface area (TPSA) is 108 Å². The van der Waals surface area contributed by atoms with Crippen molar-refractivity contribution in [3.63, 3.8) is 0 Å². The van der Waals surface area contributed by atoms with Gasteiger partial charge in [-0.3, -0.25) is 14.5 Å². The van der Waals surface area contributed by atoms with E-state index in [-0.39, 0.29) is 37.1 Å². The van der Waals surface area contributed by atoms with E-state index in [9.17, 15) is 14.4 Å². The number of pyridine rings is 2. The fraction of sp³-hybridized carbons (Fsp3) is 0.435. The maximum atomic E-state index is 12.8. The molecule has 0 aliphatic carbocycles. The number of aryl methyl sites for hydroxylation is 1. The Morgan fingerprint density at radius 3 is 2.94 bits per heavy atom. The highest BCUT2D eigenvalue weighted by molar-refractivity contribution is 5.97. The molecule has 2 aromatic heterocycles. The van der Waals surface area contributed by atoms with E-state index in [0.29, 0.717) is 19.6 Å². The predicted molar refractivity (Wildman–Crippen MR) is 119 cm³/mol. The van der Waals surface area contributed by atoms with E-state index in [0.717, 1.165) is 40.6 Å². The van der Waals surface area contributed by atoms with Gasteiger partial charge in [-0.05, 0) is 43.5 Å². The number of urea groups is 1. The van der Waals surface area contributed by atoms with Crippen LogP contribution in [0.3, 0.4) is 0 Å². The van der Waals surface area contributed by atoms with Gasteiger partial charge < -0.3 is 15.5 Å². The Labute approximate surface area is 187 Å². The Balaban J connectivity index is 1.37. The summed E-state index contributed by atoms with van der Waals surface area (Å²) >= 11 is 0. The maximum Gasteiger partial charge on any atom is 0.324 e. The second kappa shape index (κ2) is 9.76. The number of carbonyl (C=O) groups excluding carboxylic acids is 3. The normalized spacial score (nSPS) is 19.0. The van der Waals surface area contributed by atoms with Gasteiger partial charge in [0.15, 0.2) is 0 Å². The number of nitrogens with one attached hydrogen (secondary N) is 2. The van der Waals surface area contributed by atoms with Crippen molar-refractivity contribution in [3.8, 4) is 0 Å². The smallest absolute Gasteiger partial charge is 0.324 e. The Kier molecular flexibility index (Phi) is 6.63. The van der Waals surface area contributed by atoms with Crippen LogP contribution in [0, 0.1) is 6.92 Å². The highest BCUT2D eigenvalue weighted by Crippen LogP contribution is 2.27. The van der Waals surface area contributed by atoms with Gasteiger partial charge in [0.25, 0.3) is 0 Å². The second-order valence-corrected chi connectivity index (χ2v) is 8.20. The van der Waals surface area contributed by atoms with Crippen LogP contribution in [-0.2, 0) is 9.59 Å². The first-order chi connectivity index (χ1) is 15.5. The molecule has 0 saturated carbocycles. The van der Waals surface area contributed by atoms with Crippen molar-refractivity contribution in [2.45, 2.75) is 38.5 Å². The van der Waals surface area contributed by atoms with Gasteiger partial charge >= 0.3 is 6.03 Å². The summed E-state index contributed by atoms with van der Waals surface area (Å²) < 4.78 is 0. The minimum atomic E-state index is -0.415. The predicted octanol–water partition coefficient (Wildman–Crippen LogP) is 2.57. The molecule has 0 unspecified atom stereocenters. The molecule has 0 radical (unpaired) electrons. The van der Waals surface area contributed by atoms with Crippen LogP contribution in [0.2, 0.25) is 0 Å². The number of anilines is 2. The lowest BCUT2D eigenvalue weighted by Gasteiger charge is -2.33. The van der Waals surface area contributed by atoms with Gasteiger partial charge in [0.05, 0.1) is 0 Å². The molecular weight excluding hydrogens is 408 g/mol. The molecule has 2 aromatic rings. The summed E-state index contributed by atoms with van der Waals surface area (Å²) in [5.41, 5.74) is 1.97. The third-order valence-electron chi connectivity index (χ3n) is 5.93. The summed E-state index contributed by atoms with van der Waals surface area (Å²) in [6.07, 6.45) is 4.00. The molecule has 0 spiro atoms. The largest absolute Gasteiger partial charge is 0.342 e. The van der Waals surface area contributed by atoms with E-state index >= 15 is 0 Å². The van der Waals surface area contributed by atoms with Crippen molar-refractivity contribution in [2.75, 3.05) is 31.5 Å². The van der Waals surface area contributed by atoms with E-state index in [1.54, 1.807) is 6.20 Å². The number of piperidine rings is 1. The van der Waals surface area contributed by atoms with E-state index < -0.39 is 6.03 Å². The standard InChI is InChI=1S/C23H28N6O3/c1-16-5-3-11-24-22(16)27-19-8-2-7-18(26-19)17-6-4-13-28(15-17)20(30)10-14-29-21(31)9-12-25-23(29)32/h2-3,5,7-8,11,17H,4,6,9-10,12-15H2,1H3,(H,25,32)(H,24,26,27)/t17-/m0/s1. The van der Waals surface area contributed by atoms with Gasteiger partial charge in [0, 0.05) is 56.8 Å². The van der Waals surface area contributed by atoms with E-state index in [1.165, 1.54) is 0 Å². The minimum absolute atomic E-state index is 0.0423. The number of aromatic nitrogens is 2. The summed E-state index contributed by atoms with van der Waals surface area (Å²) in [5.74, 6) is 1.37. The molecule has 4 heterocycles. The quantitative estimate of drug-likeness (QED) is 0.721. The fourth-order valence-corrected chi connectivity index (χ4v) is 4.14. The van der Waals surface area contributed by atoms with Crippen LogP contribution in [0.4, 0.5) is 16.4 Å². The molecule has 4 amide bonds. The lowest BCUT2D eigenvalue weighted by Crippen LogP contribution is -2.51. The summed E-state index contributed by atoms with van der Waals surface area (Å²) in [6, 6.07) is 9.33. The maximum absolute atomic E-state index is 12.8. The molecule has 0 aromatic carbocycles. The monoisotopic (exact) mass is 436 g/mol. The van der Waals surface area contributed by atoms with Crippen LogP contribution in [-0.4, -0.2) is 63.8 Å². The first-order valence-electron chi connectivity index (χ1n) is 11.0. The molecule has 2 aliphatic heterocycles. The number of rotatable bonds is 6. The Morgan fingerprint density at radius 1 is 1.25 bits per heavy atom. The van der Waals surface area contributed by atoms with Crippen molar-refractivity contribution in [1.29, 1.82) is 0 Å². The molecule has 4 rings (SSSR count). The number of nitrogens with zero attached hydrogens (tertiary/aromatic N) is 4. The van der Waals surface area contributed by atoms with Crippen LogP contribution in [0.1, 0.15) is 42.9 Å². The highest BCUT2D eigenvalue weighted by atomic mass is 16.2. The van der Waals surface area contributed by atoms with Gasteiger partial charge in [0.2, 0.25) is 11.8 Å². The third-order valence-corrected chi connectivity index (χ3v) is 5.93. The van der Waals surface area contributed by atoms with Crippen molar-refractivity contribution in [1.82, 2.24) is 25.1 Å². The molecule has 2 fully saturated rings. The number of amides is 4. The van der Waals surface area contributed by atoms with Crippen molar-refractivity contribution in [3.05, 3.63) is 47.8 Å². The molecule has 2 N–H and O–H groups in total. The fourth-order valence-electron chi connectivity index (χ4n) is 4.14. The SMILES string of the molecule is Cc1cccnc1Nc1cccc([C@H]2CCCN(C(=O)CCN3C(=O)CCNC3=O)C2)n1. The molecule has 2 saturated heterocycles. The summed E-state index contributed by atoms with van der Waals surface area (Å²) in [7, 11) is 0. The zero-order chi connectivity index (χ0) is 22.5. The number of imide groups is 1. The summed E-state index contributed by atoms with van der Waals surface area (Å²) in [6.45, 7) is 3.73. The van der Waals surface area contributed by atoms with Gasteiger partial charge in [-0.2, -0.15) is 0 Å². The molecule has 32 heavy (non-hydrogen) atoms. The molecule has 9 nitrogen and oxygen atoms in total. The van der Waals surface area contributed by atoms with Gasteiger partial charge in [-0.1, -0.05) is 12.1 Å². The number of hydrogen-bond acceptors (Lipinski definition) is 6. The molecular formula is C23H28N6O3. The molecule has 9 heteroatoms. The molecule has 2 aliphatic rings. The number of carbonyl (C=O) groups is 3. The van der Waals surface area contributed by atoms with Crippen LogP contribution < -0.4 is 10.6 Å². The van der Waals surface area contributed by atoms with Crippen molar-refractivity contribution < 1.29 is 14.4 Å². The zero-order valence-electron chi connectivity index (χ0n) is 18.2. The van der Waals surface area contributed by atoms with Crippen LogP contribution in [0.15, 0.2) is 36.5 Å². The van der Waals surface area contributed by atoms with Crippen LogP contribution in [0.25, 0.3) is 0 Å². The van der Waals surface area contributed by atoms with Crippen LogP contribution in [0.5, 0.6) is 0 Å². The molecule has 168 valence electrons.